The van der Waals surface area contributed by atoms with Crippen LogP contribution in [-0.4, -0.2) is 56.0 Å². The Morgan fingerprint density at radius 1 is 1.24 bits per heavy atom. The van der Waals surface area contributed by atoms with Crippen molar-refractivity contribution in [1.29, 1.82) is 0 Å². The van der Waals surface area contributed by atoms with Crippen molar-refractivity contribution in [2.75, 3.05) is 45.1 Å². The first-order valence-corrected chi connectivity index (χ1v) is 8.58. The Bertz CT molecular complexity index is 408. The second kappa shape index (κ2) is 9.82. The molecule has 0 bridgehead atoms. The topological polar surface area (TPSA) is 41.6 Å². The van der Waals surface area contributed by atoms with Gasteiger partial charge in [-0.2, -0.15) is 0 Å². The van der Waals surface area contributed by atoms with E-state index in [2.05, 4.69) is 22.3 Å². The molecule has 2 rings (SSSR count). The summed E-state index contributed by atoms with van der Waals surface area (Å²) >= 11 is 1.81. The van der Waals surface area contributed by atoms with Crippen LogP contribution in [0.5, 0.6) is 0 Å². The van der Waals surface area contributed by atoms with Gasteiger partial charge in [0, 0.05) is 37.5 Å². The van der Waals surface area contributed by atoms with E-state index < -0.39 is 0 Å². The maximum atomic E-state index is 11.7. The fourth-order valence-corrected chi connectivity index (χ4v) is 3.08. The highest BCUT2D eigenvalue weighted by molar-refractivity contribution is 7.99. The van der Waals surface area contributed by atoms with E-state index in [4.69, 9.17) is 4.74 Å². The molecule has 1 fully saturated rings. The molecule has 1 N–H and O–H groups in total. The van der Waals surface area contributed by atoms with Crippen LogP contribution in [0, 0.1) is 0 Å². The minimum atomic E-state index is 0.164. The molecule has 4 nitrogen and oxygen atoms in total. The zero-order valence-corrected chi connectivity index (χ0v) is 13.2. The number of nitrogens with one attached hydrogen (secondary N) is 1. The fraction of sp³-hybridized carbons (Fsp3) is 0.562. The molecule has 1 aliphatic rings. The molecule has 1 amide bonds. The molecule has 1 heterocycles. The zero-order chi connectivity index (χ0) is 14.8. The van der Waals surface area contributed by atoms with Crippen molar-refractivity contribution >= 4 is 17.7 Å². The van der Waals surface area contributed by atoms with Gasteiger partial charge in [-0.25, -0.2) is 0 Å². The normalized spacial score (nSPS) is 15.8. The third kappa shape index (κ3) is 6.98. The smallest absolute Gasteiger partial charge is 0.220 e. The lowest BCUT2D eigenvalue weighted by atomic mass is 10.3. The largest absolute Gasteiger partial charge is 0.379 e. The molecule has 0 aliphatic carbocycles. The molecule has 21 heavy (non-hydrogen) atoms. The molecule has 116 valence electrons. The van der Waals surface area contributed by atoms with Gasteiger partial charge in [-0.3, -0.25) is 9.69 Å². The number of nitrogens with zero attached hydrogens (tertiary/aromatic N) is 1. The van der Waals surface area contributed by atoms with Gasteiger partial charge in [0.05, 0.1) is 13.2 Å². The van der Waals surface area contributed by atoms with Crippen LogP contribution in [-0.2, 0) is 9.53 Å². The Labute approximate surface area is 131 Å². The number of thioether (sulfide) groups is 1. The third-order valence-electron chi connectivity index (χ3n) is 3.41. The van der Waals surface area contributed by atoms with Crippen LogP contribution in [0.3, 0.4) is 0 Å². The Morgan fingerprint density at radius 3 is 2.76 bits per heavy atom. The van der Waals surface area contributed by atoms with E-state index in [-0.39, 0.29) is 5.91 Å². The summed E-state index contributed by atoms with van der Waals surface area (Å²) in [5, 5.41) is 3.00. The molecule has 0 saturated carbocycles. The van der Waals surface area contributed by atoms with Crippen LogP contribution < -0.4 is 5.32 Å². The number of rotatable bonds is 8. The average Bonchev–Trinajstić information content (AvgIpc) is 2.54. The summed E-state index contributed by atoms with van der Waals surface area (Å²) in [5.41, 5.74) is 0. The van der Waals surface area contributed by atoms with Gasteiger partial charge in [0.1, 0.15) is 0 Å². The summed E-state index contributed by atoms with van der Waals surface area (Å²) in [4.78, 5) is 15.3. The quantitative estimate of drug-likeness (QED) is 0.589. The average molecular weight is 308 g/mol. The van der Waals surface area contributed by atoms with E-state index in [9.17, 15) is 4.79 Å². The Morgan fingerprint density at radius 2 is 2.00 bits per heavy atom. The van der Waals surface area contributed by atoms with Crippen LogP contribution in [0.1, 0.15) is 12.8 Å². The summed E-state index contributed by atoms with van der Waals surface area (Å²) < 4.78 is 5.30. The van der Waals surface area contributed by atoms with E-state index in [0.717, 1.165) is 51.6 Å². The fourth-order valence-electron chi connectivity index (χ4n) is 2.21. The second-order valence-electron chi connectivity index (χ2n) is 5.07. The molecule has 0 spiro atoms. The molecular weight excluding hydrogens is 284 g/mol. The standard InChI is InChI=1S/C16H24N2O2S/c19-16(17-8-9-18-10-12-20-13-11-18)7-4-14-21-15-5-2-1-3-6-15/h1-3,5-6H,4,7-14H2,(H,17,19). The molecule has 0 aromatic heterocycles. The number of carbonyl (C=O) groups is 1. The van der Waals surface area contributed by atoms with Gasteiger partial charge in [0.2, 0.25) is 5.91 Å². The van der Waals surface area contributed by atoms with E-state index in [1.165, 1.54) is 4.90 Å². The zero-order valence-electron chi connectivity index (χ0n) is 12.4. The van der Waals surface area contributed by atoms with Gasteiger partial charge < -0.3 is 10.1 Å². The van der Waals surface area contributed by atoms with Crippen molar-refractivity contribution in [2.24, 2.45) is 0 Å². The highest BCUT2D eigenvalue weighted by Gasteiger charge is 2.09. The number of benzene rings is 1. The number of hydrogen-bond donors (Lipinski definition) is 1. The minimum absolute atomic E-state index is 0.164. The van der Waals surface area contributed by atoms with Crippen molar-refractivity contribution in [2.45, 2.75) is 17.7 Å². The van der Waals surface area contributed by atoms with Gasteiger partial charge in [-0.15, -0.1) is 11.8 Å². The lowest BCUT2D eigenvalue weighted by Crippen LogP contribution is -2.41. The number of carbonyl (C=O) groups excluding carboxylic acids is 1. The molecule has 0 unspecified atom stereocenters. The van der Waals surface area contributed by atoms with Crippen LogP contribution in [0.4, 0.5) is 0 Å². The number of hydrogen-bond acceptors (Lipinski definition) is 4. The summed E-state index contributed by atoms with van der Waals surface area (Å²) in [6, 6.07) is 10.3. The Hall–Kier alpha value is -1.04. The number of ether oxygens (including phenoxy) is 1. The third-order valence-corrected chi connectivity index (χ3v) is 4.51. The maximum absolute atomic E-state index is 11.7. The van der Waals surface area contributed by atoms with Crippen molar-refractivity contribution in [3.63, 3.8) is 0 Å². The second-order valence-corrected chi connectivity index (χ2v) is 6.24. The summed E-state index contributed by atoms with van der Waals surface area (Å²) in [6.45, 7) is 5.24. The lowest BCUT2D eigenvalue weighted by molar-refractivity contribution is -0.121. The Kier molecular flexibility index (Phi) is 7.63. The summed E-state index contributed by atoms with van der Waals surface area (Å²) in [6.07, 6.45) is 1.53. The highest BCUT2D eigenvalue weighted by Crippen LogP contribution is 2.18. The first-order chi connectivity index (χ1) is 10.3. The van der Waals surface area contributed by atoms with E-state index in [0.29, 0.717) is 6.42 Å². The van der Waals surface area contributed by atoms with Crippen molar-refractivity contribution in [3.05, 3.63) is 30.3 Å². The van der Waals surface area contributed by atoms with Crippen LogP contribution >= 0.6 is 11.8 Å². The van der Waals surface area contributed by atoms with E-state index in [1.54, 1.807) is 11.8 Å². The number of morpholine rings is 1. The van der Waals surface area contributed by atoms with E-state index in [1.807, 2.05) is 18.2 Å². The predicted molar refractivity (Wildman–Crippen MR) is 86.7 cm³/mol. The molecule has 1 saturated heterocycles. The monoisotopic (exact) mass is 308 g/mol. The van der Waals surface area contributed by atoms with Crippen molar-refractivity contribution in [3.8, 4) is 0 Å². The maximum Gasteiger partial charge on any atom is 0.220 e. The van der Waals surface area contributed by atoms with Crippen LogP contribution in [0.25, 0.3) is 0 Å². The van der Waals surface area contributed by atoms with Gasteiger partial charge in [0.25, 0.3) is 0 Å². The van der Waals surface area contributed by atoms with Crippen molar-refractivity contribution < 1.29 is 9.53 Å². The molecule has 1 aromatic carbocycles. The molecule has 1 aromatic rings. The van der Waals surface area contributed by atoms with Gasteiger partial charge >= 0.3 is 0 Å². The van der Waals surface area contributed by atoms with Gasteiger partial charge in [-0.1, -0.05) is 18.2 Å². The van der Waals surface area contributed by atoms with Crippen molar-refractivity contribution in [1.82, 2.24) is 10.2 Å². The Balaban J connectivity index is 1.47. The SMILES string of the molecule is O=C(CCCSc1ccccc1)NCCN1CCOCC1. The molecule has 1 aliphatic heterocycles. The molecule has 0 radical (unpaired) electrons. The molecule has 5 heteroatoms. The summed E-state index contributed by atoms with van der Waals surface area (Å²) in [7, 11) is 0. The van der Waals surface area contributed by atoms with Gasteiger partial charge in [-0.05, 0) is 24.3 Å². The first-order valence-electron chi connectivity index (χ1n) is 7.59. The summed E-state index contributed by atoms with van der Waals surface area (Å²) in [5.74, 6) is 1.15. The molecule has 0 atom stereocenters. The lowest BCUT2D eigenvalue weighted by Gasteiger charge is -2.26. The van der Waals surface area contributed by atoms with E-state index >= 15 is 0 Å². The minimum Gasteiger partial charge on any atom is -0.379 e. The highest BCUT2D eigenvalue weighted by atomic mass is 32.2. The van der Waals surface area contributed by atoms with Crippen LogP contribution in [0.15, 0.2) is 35.2 Å². The first kappa shape index (κ1) is 16.3. The van der Waals surface area contributed by atoms with Crippen LogP contribution in [0.2, 0.25) is 0 Å². The molecular formula is C16H24N2O2S. The number of amides is 1. The van der Waals surface area contributed by atoms with Gasteiger partial charge in [0.15, 0.2) is 0 Å². The predicted octanol–water partition coefficient (Wildman–Crippen LogP) is 2.01.